The highest BCUT2D eigenvalue weighted by Gasteiger charge is 2.23. The van der Waals surface area contributed by atoms with Crippen LogP contribution in [0.25, 0.3) is 21.3 Å². The Morgan fingerprint density at radius 2 is 1.73 bits per heavy atom. The standard InChI is InChI=1S/C23H21ClN2O2S.2C2H6/c1-23(28,13-27)15-9-10-26-19(12-15)17-7-4-5-14-11-20(29-22(14)17)21(25)16-6-2-3-8-18(16)24;2*1-2/h2-12,21,27-28H,13,25H2,1H3;2*1-2H3. The summed E-state index contributed by atoms with van der Waals surface area (Å²) in [5.41, 5.74) is 8.40. The number of pyridine rings is 1. The largest absolute Gasteiger partial charge is 0.393 e. The first-order valence-corrected chi connectivity index (χ1v) is 12.4. The number of nitrogens with zero attached hydrogens (tertiary/aromatic N) is 1. The molecule has 2 unspecified atom stereocenters. The van der Waals surface area contributed by atoms with E-state index >= 15 is 0 Å². The quantitative estimate of drug-likeness (QED) is 0.287. The maximum absolute atomic E-state index is 10.4. The number of halogens is 1. The summed E-state index contributed by atoms with van der Waals surface area (Å²) < 4.78 is 1.07. The summed E-state index contributed by atoms with van der Waals surface area (Å²) in [6, 6.07) is 18.9. The van der Waals surface area contributed by atoms with Crippen LogP contribution in [0, 0.1) is 0 Å². The van der Waals surface area contributed by atoms with E-state index in [0.717, 1.165) is 31.8 Å². The van der Waals surface area contributed by atoms with Crippen LogP contribution in [-0.4, -0.2) is 21.8 Å². The first-order valence-electron chi connectivity index (χ1n) is 11.2. The third kappa shape index (κ3) is 5.99. The molecule has 0 saturated carbocycles. The molecule has 0 aliphatic carbocycles. The fourth-order valence-corrected chi connectivity index (χ4v) is 4.78. The number of hydrogen-bond acceptors (Lipinski definition) is 5. The average Bonchev–Trinajstić information content (AvgIpc) is 3.31. The van der Waals surface area contributed by atoms with Crippen LogP contribution in [0.2, 0.25) is 5.02 Å². The molecule has 0 bridgehead atoms. The van der Waals surface area contributed by atoms with Gasteiger partial charge in [-0.25, -0.2) is 0 Å². The van der Waals surface area contributed by atoms with Crippen LogP contribution in [0.3, 0.4) is 0 Å². The maximum atomic E-state index is 10.4. The summed E-state index contributed by atoms with van der Waals surface area (Å²) in [6.45, 7) is 9.22. The highest BCUT2D eigenvalue weighted by molar-refractivity contribution is 7.19. The van der Waals surface area contributed by atoms with E-state index in [1.165, 1.54) is 0 Å². The number of rotatable bonds is 5. The second kappa shape index (κ2) is 12.3. The van der Waals surface area contributed by atoms with E-state index in [9.17, 15) is 10.2 Å². The molecule has 0 fully saturated rings. The summed E-state index contributed by atoms with van der Waals surface area (Å²) >= 11 is 7.95. The third-order valence-electron chi connectivity index (χ3n) is 5.08. The van der Waals surface area contributed by atoms with Crippen molar-refractivity contribution in [1.29, 1.82) is 0 Å². The van der Waals surface area contributed by atoms with Crippen LogP contribution in [-0.2, 0) is 5.60 Å². The molecule has 6 heteroatoms. The summed E-state index contributed by atoms with van der Waals surface area (Å²) in [6.07, 6.45) is 1.65. The number of aromatic nitrogens is 1. The van der Waals surface area contributed by atoms with E-state index in [1.54, 1.807) is 30.5 Å². The lowest BCUT2D eigenvalue weighted by molar-refractivity contribution is -0.00230. The summed E-state index contributed by atoms with van der Waals surface area (Å²) in [5.74, 6) is 0. The van der Waals surface area contributed by atoms with Crippen molar-refractivity contribution in [1.82, 2.24) is 4.98 Å². The molecule has 2 aromatic carbocycles. The van der Waals surface area contributed by atoms with Gasteiger partial charge in [-0.2, -0.15) is 0 Å². The molecule has 0 radical (unpaired) electrons. The minimum absolute atomic E-state index is 0.316. The zero-order valence-corrected chi connectivity index (χ0v) is 21.4. The third-order valence-corrected chi connectivity index (χ3v) is 6.69. The van der Waals surface area contributed by atoms with Crippen molar-refractivity contribution in [2.24, 2.45) is 5.73 Å². The lowest BCUT2D eigenvalue weighted by atomic mass is 9.96. The Balaban J connectivity index is 0.000000914. The Kier molecular flexibility index (Phi) is 10.0. The van der Waals surface area contributed by atoms with E-state index < -0.39 is 5.60 Å². The SMILES string of the molecule is CC.CC.CC(O)(CO)c1ccnc(-c2cccc3cc(C(N)c4ccccc4Cl)sc23)c1. The van der Waals surface area contributed by atoms with Crippen molar-refractivity contribution in [3.63, 3.8) is 0 Å². The Morgan fingerprint density at radius 3 is 2.39 bits per heavy atom. The van der Waals surface area contributed by atoms with E-state index in [2.05, 4.69) is 11.1 Å². The van der Waals surface area contributed by atoms with Gasteiger partial charge in [-0.3, -0.25) is 4.98 Å². The van der Waals surface area contributed by atoms with Crippen LogP contribution < -0.4 is 5.73 Å². The molecule has 0 amide bonds. The molecule has 4 rings (SSSR count). The first kappa shape index (κ1) is 27.0. The van der Waals surface area contributed by atoms with Gasteiger partial charge in [0.25, 0.3) is 0 Å². The maximum Gasteiger partial charge on any atom is 0.110 e. The van der Waals surface area contributed by atoms with Crippen molar-refractivity contribution >= 4 is 33.0 Å². The molecule has 33 heavy (non-hydrogen) atoms. The number of aliphatic hydroxyl groups is 2. The van der Waals surface area contributed by atoms with Crippen molar-refractivity contribution in [2.75, 3.05) is 6.61 Å². The van der Waals surface area contributed by atoms with Crippen LogP contribution in [0.15, 0.2) is 66.9 Å². The second-order valence-corrected chi connectivity index (χ2v) is 8.72. The number of benzene rings is 2. The van der Waals surface area contributed by atoms with Gasteiger partial charge in [0.05, 0.1) is 18.3 Å². The Bertz CT molecular complexity index is 1170. The molecule has 0 spiro atoms. The number of nitrogens with two attached hydrogens (primary N) is 1. The van der Waals surface area contributed by atoms with E-state index in [4.69, 9.17) is 17.3 Å². The lowest BCUT2D eigenvalue weighted by Crippen LogP contribution is -2.25. The van der Waals surface area contributed by atoms with E-state index in [0.29, 0.717) is 10.6 Å². The fourth-order valence-electron chi connectivity index (χ4n) is 3.32. The molecule has 0 aliphatic rings. The number of aliphatic hydroxyl groups excluding tert-OH is 1. The van der Waals surface area contributed by atoms with Crippen LogP contribution in [0.1, 0.15) is 56.7 Å². The average molecular weight is 485 g/mol. The molecule has 0 saturated heterocycles. The number of thiophene rings is 1. The Hall–Kier alpha value is -2.28. The molecule has 4 N–H and O–H groups in total. The number of fused-ring (bicyclic) bond motifs is 1. The van der Waals surface area contributed by atoms with Crippen LogP contribution >= 0.6 is 22.9 Å². The molecule has 2 aromatic heterocycles. The van der Waals surface area contributed by atoms with Gasteiger partial charge in [-0.1, -0.05) is 75.7 Å². The smallest absolute Gasteiger partial charge is 0.110 e. The predicted molar refractivity (Wildman–Crippen MR) is 142 cm³/mol. The first-order chi connectivity index (χ1) is 15.9. The Morgan fingerprint density at radius 1 is 1.03 bits per heavy atom. The van der Waals surface area contributed by atoms with E-state index in [1.807, 2.05) is 76.2 Å². The number of hydrogen-bond donors (Lipinski definition) is 3. The van der Waals surface area contributed by atoms with E-state index in [-0.39, 0.29) is 12.6 Å². The van der Waals surface area contributed by atoms with Gasteiger partial charge >= 0.3 is 0 Å². The van der Waals surface area contributed by atoms with Gasteiger partial charge in [0.15, 0.2) is 0 Å². The summed E-state index contributed by atoms with van der Waals surface area (Å²) in [5, 5.41) is 21.6. The summed E-state index contributed by atoms with van der Waals surface area (Å²) in [4.78, 5) is 5.51. The highest BCUT2D eigenvalue weighted by atomic mass is 35.5. The van der Waals surface area contributed by atoms with Gasteiger partial charge in [0.2, 0.25) is 0 Å². The summed E-state index contributed by atoms with van der Waals surface area (Å²) in [7, 11) is 0. The van der Waals surface area contributed by atoms with Gasteiger partial charge in [0.1, 0.15) is 5.60 Å². The minimum atomic E-state index is -1.32. The van der Waals surface area contributed by atoms with Gasteiger partial charge in [0, 0.05) is 26.4 Å². The normalized spacial score (nSPS) is 13.2. The molecular formula is C27H33ClN2O2S. The molecule has 0 aliphatic heterocycles. The monoisotopic (exact) mass is 484 g/mol. The topological polar surface area (TPSA) is 79.4 Å². The van der Waals surface area contributed by atoms with Crippen LogP contribution in [0.5, 0.6) is 0 Å². The van der Waals surface area contributed by atoms with Gasteiger partial charge < -0.3 is 15.9 Å². The van der Waals surface area contributed by atoms with Gasteiger partial charge in [-0.15, -0.1) is 11.3 Å². The molecule has 176 valence electrons. The molecule has 4 aromatic rings. The minimum Gasteiger partial charge on any atom is -0.393 e. The predicted octanol–water partition coefficient (Wildman–Crippen LogP) is 6.92. The van der Waals surface area contributed by atoms with Crippen LogP contribution in [0.4, 0.5) is 0 Å². The van der Waals surface area contributed by atoms with Crippen molar-refractivity contribution in [3.05, 3.63) is 87.9 Å². The Labute approximate surface area is 205 Å². The molecular weight excluding hydrogens is 452 g/mol. The van der Waals surface area contributed by atoms with Crippen molar-refractivity contribution in [3.8, 4) is 11.3 Å². The van der Waals surface area contributed by atoms with Crippen molar-refractivity contribution < 1.29 is 10.2 Å². The highest BCUT2D eigenvalue weighted by Crippen LogP contribution is 2.39. The molecule has 4 nitrogen and oxygen atoms in total. The van der Waals surface area contributed by atoms with Crippen molar-refractivity contribution in [2.45, 2.75) is 46.3 Å². The second-order valence-electron chi connectivity index (χ2n) is 7.23. The van der Waals surface area contributed by atoms with Gasteiger partial charge in [-0.05, 0) is 47.7 Å². The molecule has 2 atom stereocenters. The zero-order valence-electron chi connectivity index (χ0n) is 19.8. The fraction of sp³-hybridized carbons (Fsp3) is 0.296. The molecule has 2 heterocycles. The lowest BCUT2D eigenvalue weighted by Gasteiger charge is -2.21. The zero-order chi connectivity index (χ0) is 24.6.